The molecule has 0 radical (unpaired) electrons. The summed E-state index contributed by atoms with van der Waals surface area (Å²) in [5.74, 6) is -0.0417. The van der Waals surface area contributed by atoms with Crippen LogP contribution in [0.4, 0.5) is 11.5 Å². The second kappa shape index (κ2) is 4.10. The monoisotopic (exact) mass is 250 g/mol. The van der Waals surface area contributed by atoms with Crippen molar-refractivity contribution < 1.29 is 4.79 Å². The van der Waals surface area contributed by atoms with Crippen molar-refractivity contribution in [2.45, 2.75) is 6.92 Å². The number of rotatable bonds is 1. The maximum absolute atomic E-state index is 12.1. The Bertz CT molecular complexity index is 591. The fourth-order valence-electron chi connectivity index (χ4n) is 1.48. The minimum Gasteiger partial charge on any atom is -0.398 e. The molecule has 88 valence electrons. The lowest BCUT2D eigenvalue weighted by Crippen LogP contribution is -2.16. The van der Waals surface area contributed by atoms with Gasteiger partial charge in [-0.2, -0.15) is 9.78 Å². The molecule has 5 nitrogen and oxygen atoms in total. The molecule has 0 atom stereocenters. The summed E-state index contributed by atoms with van der Waals surface area (Å²) < 4.78 is 1.14. The third kappa shape index (κ3) is 2.09. The minimum absolute atomic E-state index is 0.293. The van der Waals surface area contributed by atoms with Crippen molar-refractivity contribution in [3.8, 4) is 0 Å². The molecule has 0 amide bonds. The van der Waals surface area contributed by atoms with E-state index < -0.39 is 0 Å². The van der Waals surface area contributed by atoms with Gasteiger partial charge in [0.05, 0.1) is 16.4 Å². The standard InChI is InChI=1S/C11H11ClN4O/c1-6-4-10(14)16(15-6)11(17)7-2-3-8(12)9(13)5-7/h2-5H,13-14H2,1H3. The average molecular weight is 251 g/mol. The Morgan fingerprint density at radius 2 is 2.06 bits per heavy atom. The van der Waals surface area contributed by atoms with Gasteiger partial charge in [-0.1, -0.05) is 11.6 Å². The zero-order valence-electron chi connectivity index (χ0n) is 9.14. The molecule has 0 saturated carbocycles. The third-order valence-electron chi connectivity index (χ3n) is 2.29. The summed E-state index contributed by atoms with van der Waals surface area (Å²) in [4.78, 5) is 12.1. The summed E-state index contributed by atoms with van der Waals surface area (Å²) in [5.41, 5.74) is 12.7. The Kier molecular flexibility index (Phi) is 2.77. The highest BCUT2D eigenvalue weighted by molar-refractivity contribution is 6.33. The van der Waals surface area contributed by atoms with E-state index in [1.54, 1.807) is 25.1 Å². The maximum atomic E-state index is 12.1. The highest BCUT2D eigenvalue weighted by Crippen LogP contribution is 2.20. The predicted molar refractivity (Wildman–Crippen MR) is 67.0 cm³/mol. The van der Waals surface area contributed by atoms with Gasteiger partial charge in [-0.05, 0) is 25.1 Å². The normalized spacial score (nSPS) is 10.5. The van der Waals surface area contributed by atoms with Crippen LogP contribution < -0.4 is 11.5 Å². The van der Waals surface area contributed by atoms with Crippen LogP contribution >= 0.6 is 11.6 Å². The van der Waals surface area contributed by atoms with Gasteiger partial charge in [0.1, 0.15) is 5.82 Å². The van der Waals surface area contributed by atoms with Gasteiger partial charge < -0.3 is 11.5 Å². The zero-order chi connectivity index (χ0) is 12.6. The van der Waals surface area contributed by atoms with E-state index in [1.165, 1.54) is 6.07 Å². The van der Waals surface area contributed by atoms with Crippen LogP contribution in [0.1, 0.15) is 16.1 Å². The van der Waals surface area contributed by atoms with Crippen molar-refractivity contribution in [3.63, 3.8) is 0 Å². The molecule has 1 heterocycles. The fourth-order valence-corrected chi connectivity index (χ4v) is 1.60. The summed E-state index contributed by atoms with van der Waals surface area (Å²) in [6, 6.07) is 6.27. The SMILES string of the molecule is Cc1cc(N)n(C(=O)c2ccc(Cl)c(N)c2)n1. The number of halogens is 1. The molecule has 0 bridgehead atoms. The predicted octanol–water partition coefficient (Wildman–Crippen LogP) is 1.70. The first-order valence-corrected chi connectivity index (χ1v) is 5.28. The molecule has 0 aliphatic heterocycles. The first-order valence-electron chi connectivity index (χ1n) is 4.91. The molecular weight excluding hydrogens is 240 g/mol. The molecule has 1 aromatic carbocycles. The van der Waals surface area contributed by atoms with Crippen LogP contribution in [0.5, 0.6) is 0 Å². The van der Waals surface area contributed by atoms with Crippen LogP contribution in [0, 0.1) is 6.92 Å². The Morgan fingerprint density at radius 3 is 2.59 bits per heavy atom. The number of carbonyl (C=O) groups is 1. The van der Waals surface area contributed by atoms with Crippen molar-refractivity contribution in [3.05, 3.63) is 40.5 Å². The van der Waals surface area contributed by atoms with Crippen LogP contribution in [0.3, 0.4) is 0 Å². The summed E-state index contributed by atoms with van der Waals surface area (Å²) in [6.45, 7) is 1.76. The van der Waals surface area contributed by atoms with Gasteiger partial charge in [0.2, 0.25) is 0 Å². The minimum atomic E-state index is -0.334. The lowest BCUT2D eigenvalue weighted by atomic mass is 10.2. The number of nitrogen functional groups attached to an aromatic ring is 2. The summed E-state index contributed by atoms with van der Waals surface area (Å²) >= 11 is 5.78. The summed E-state index contributed by atoms with van der Waals surface area (Å²) in [6.07, 6.45) is 0. The highest BCUT2D eigenvalue weighted by Gasteiger charge is 2.14. The number of hydrogen-bond donors (Lipinski definition) is 2. The molecule has 6 heteroatoms. The van der Waals surface area contributed by atoms with E-state index in [4.69, 9.17) is 23.1 Å². The molecule has 0 spiro atoms. The summed E-state index contributed by atoms with van der Waals surface area (Å²) in [7, 11) is 0. The van der Waals surface area contributed by atoms with E-state index in [-0.39, 0.29) is 5.91 Å². The van der Waals surface area contributed by atoms with E-state index >= 15 is 0 Å². The first kappa shape index (κ1) is 11.5. The lowest BCUT2D eigenvalue weighted by molar-refractivity contribution is 0.0947. The molecule has 4 N–H and O–H groups in total. The van der Waals surface area contributed by atoms with Crippen LogP contribution in [0.25, 0.3) is 0 Å². The van der Waals surface area contributed by atoms with Crippen LogP contribution in [-0.4, -0.2) is 15.7 Å². The molecule has 0 saturated heterocycles. The molecular formula is C11H11ClN4O. The van der Waals surface area contributed by atoms with Crippen molar-refractivity contribution in [2.24, 2.45) is 0 Å². The number of benzene rings is 1. The van der Waals surface area contributed by atoms with Gasteiger partial charge in [0, 0.05) is 11.6 Å². The lowest BCUT2D eigenvalue weighted by Gasteiger charge is -2.04. The third-order valence-corrected chi connectivity index (χ3v) is 2.64. The number of aromatic nitrogens is 2. The Hall–Kier alpha value is -2.01. The zero-order valence-corrected chi connectivity index (χ0v) is 9.90. The number of anilines is 2. The molecule has 0 unspecified atom stereocenters. The number of nitrogens with two attached hydrogens (primary N) is 2. The van der Waals surface area contributed by atoms with Crippen molar-refractivity contribution >= 4 is 29.0 Å². The van der Waals surface area contributed by atoms with Gasteiger partial charge in [-0.25, -0.2) is 0 Å². The molecule has 0 fully saturated rings. The Morgan fingerprint density at radius 1 is 1.35 bits per heavy atom. The van der Waals surface area contributed by atoms with E-state index in [0.29, 0.717) is 27.8 Å². The Balaban J connectivity index is 2.44. The average Bonchev–Trinajstić information content (AvgIpc) is 2.61. The van der Waals surface area contributed by atoms with Gasteiger partial charge in [-0.15, -0.1) is 0 Å². The molecule has 1 aromatic heterocycles. The fraction of sp³-hybridized carbons (Fsp3) is 0.0909. The number of carbonyl (C=O) groups excluding carboxylic acids is 1. The Labute approximate surface area is 103 Å². The number of nitrogens with zero attached hydrogens (tertiary/aromatic N) is 2. The molecule has 2 aromatic rings. The van der Waals surface area contributed by atoms with Gasteiger partial charge >= 0.3 is 0 Å². The maximum Gasteiger partial charge on any atom is 0.280 e. The van der Waals surface area contributed by atoms with Crippen LogP contribution in [0.2, 0.25) is 5.02 Å². The van der Waals surface area contributed by atoms with Crippen molar-refractivity contribution in [1.82, 2.24) is 9.78 Å². The second-order valence-corrected chi connectivity index (χ2v) is 4.07. The van der Waals surface area contributed by atoms with Crippen LogP contribution in [0.15, 0.2) is 24.3 Å². The van der Waals surface area contributed by atoms with Gasteiger partial charge in [0.25, 0.3) is 5.91 Å². The van der Waals surface area contributed by atoms with E-state index in [1.807, 2.05) is 0 Å². The topological polar surface area (TPSA) is 86.9 Å². The first-order chi connectivity index (χ1) is 7.99. The molecule has 2 rings (SSSR count). The van der Waals surface area contributed by atoms with Crippen molar-refractivity contribution in [1.29, 1.82) is 0 Å². The largest absolute Gasteiger partial charge is 0.398 e. The van der Waals surface area contributed by atoms with Gasteiger partial charge in [-0.3, -0.25) is 4.79 Å². The van der Waals surface area contributed by atoms with E-state index in [2.05, 4.69) is 5.10 Å². The van der Waals surface area contributed by atoms with E-state index in [0.717, 1.165) is 4.68 Å². The molecule has 17 heavy (non-hydrogen) atoms. The van der Waals surface area contributed by atoms with E-state index in [9.17, 15) is 4.79 Å². The van der Waals surface area contributed by atoms with Gasteiger partial charge in [0.15, 0.2) is 0 Å². The quantitative estimate of drug-likeness (QED) is 0.754. The number of hydrogen-bond acceptors (Lipinski definition) is 4. The summed E-state index contributed by atoms with van der Waals surface area (Å²) in [5, 5.41) is 4.42. The van der Waals surface area contributed by atoms with Crippen LogP contribution in [-0.2, 0) is 0 Å². The smallest absolute Gasteiger partial charge is 0.280 e. The van der Waals surface area contributed by atoms with Crippen molar-refractivity contribution in [2.75, 3.05) is 11.5 Å². The molecule has 0 aliphatic rings. The highest BCUT2D eigenvalue weighted by atomic mass is 35.5. The number of aryl methyl sites for hydroxylation is 1. The molecule has 0 aliphatic carbocycles. The second-order valence-electron chi connectivity index (χ2n) is 3.66.